The summed E-state index contributed by atoms with van der Waals surface area (Å²) in [6, 6.07) is 3.21. The van der Waals surface area contributed by atoms with Crippen LogP contribution in [0.25, 0.3) is 0 Å². The molecule has 1 fully saturated rings. The van der Waals surface area contributed by atoms with Crippen LogP contribution in [-0.2, 0) is 11.3 Å². The fourth-order valence-electron chi connectivity index (χ4n) is 2.90. The predicted octanol–water partition coefficient (Wildman–Crippen LogP) is 1.68. The maximum atomic E-state index is 13.8. The Kier molecular flexibility index (Phi) is 5.17. The molecule has 8 heteroatoms. The van der Waals surface area contributed by atoms with Gasteiger partial charge in [-0.2, -0.15) is 0 Å². The van der Waals surface area contributed by atoms with Gasteiger partial charge in [-0.25, -0.2) is 8.78 Å². The molecule has 0 spiro atoms. The van der Waals surface area contributed by atoms with Crippen LogP contribution in [-0.4, -0.2) is 51.0 Å². The SMILES string of the molecule is CCn1cnnc1[C@H]1CN(C[C@H](O)c2ccc(F)cc2F)CCO1. The van der Waals surface area contributed by atoms with Crippen LogP contribution >= 0.6 is 0 Å². The first-order chi connectivity index (χ1) is 11.6. The van der Waals surface area contributed by atoms with Crippen molar-refractivity contribution in [2.45, 2.75) is 25.7 Å². The molecule has 0 aliphatic carbocycles. The van der Waals surface area contributed by atoms with Crippen LogP contribution in [0.2, 0.25) is 0 Å². The van der Waals surface area contributed by atoms with E-state index in [0.29, 0.717) is 19.7 Å². The van der Waals surface area contributed by atoms with Crippen LogP contribution in [0.3, 0.4) is 0 Å². The van der Waals surface area contributed by atoms with Crippen molar-refractivity contribution in [1.29, 1.82) is 0 Å². The highest BCUT2D eigenvalue weighted by molar-refractivity contribution is 5.21. The number of hydrogen-bond acceptors (Lipinski definition) is 5. The van der Waals surface area contributed by atoms with E-state index in [0.717, 1.165) is 24.5 Å². The quantitative estimate of drug-likeness (QED) is 0.899. The van der Waals surface area contributed by atoms with E-state index in [9.17, 15) is 13.9 Å². The van der Waals surface area contributed by atoms with Crippen LogP contribution in [0.5, 0.6) is 0 Å². The van der Waals surface area contributed by atoms with Crippen LogP contribution in [0.4, 0.5) is 8.78 Å². The number of rotatable bonds is 5. The van der Waals surface area contributed by atoms with Gasteiger partial charge in [-0.3, -0.25) is 4.90 Å². The Balaban J connectivity index is 1.67. The van der Waals surface area contributed by atoms with Crippen LogP contribution in [0, 0.1) is 11.6 Å². The Bertz CT molecular complexity index is 694. The fraction of sp³-hybridized carbons (Fsp3) is 0.500. The molecule has 1 N–H and O–H groups in total. The number of ether oxygens (including phenoxy) is 1. The second-order valence-corrected chi connectivity index (χ2v) is 5.78. The van der Waals surface area contributed by atoms with Gasteiger partial charge in [-0.05, 0) is 13.0 Å². The minimum Gasteiger partial charge on any atom is -0.387 e. The number of benzene rings is 1. The number of hydrogen-bond donors (Lipinski definition) is 1. The molecule has 1 saturated heterocycles. The molecule has 130 valence electrons. The number of morpholine rings is 1. The molecule has 1 aromatic heterocycles. The zero-order valence-electron chi connectivity index (χ0n) is 13.4. The molecule has 1 aromatic carbocycles. The number of nitrogens with zero attached hydrogens (tertiary/aromatic N) is 4. The summed E-state index contributed by atoms with van der Waals surface area (Å²) in [7, 11) is 0. The van der Waals surface area contributed by atoms with Gasteiger partial charge in [-0.1, -0.05) is 6.07 Å². The van der Waals surface area contributed by atoms with Crippen molar-refractivity contribution in [2.75, 3.05) is 26.2 Å². The van der Waals surface area contributed by atoms with Crippen molar-refractivity contribution >= 4 is 0 Å². The van der Waals surface area contributed by atoms with Crippen LogP contribution in [0.15, 0.2) is 24.5 Å². The second-order valence-electron chi connectivity index (χ2n) is 5.78. The van der Waals surface area contributed by atoms with Crippen molar-refractivity contribution in [3.8, 4) is 0 Å². The second kappa shape index (κ2) is 7.33. The third kappa shape index (κ3) is 3.61. The van der Waals surface area contributed by atoms with Gasteiger partial charge in [0.15, 0.2) is 5.82 Å². The normalized spacial score (nSPS) is 20.2. The molecule has 24 heavy (non-hydrogen) atoms. The summed E-state index contributed by atoms with van der Waals surface area (Å²) in [6.07, 6.45) is 0.375. The Labute approximate surface area is 138 Å². The maximum absolute atomic E-state index is 13.8. The van der Waals surface area contributed by atoms with E-state index in [1.807, 2.05) is 16.4 Å². The molecular formula is C16H20F2N4O2. The standard InChI is InChI=1S/C16H20F2N4O2/c1-2-22-10-19-20-16(22)15-9-21(5-6-24-15)8-14(23)12-4-3-11(17)7-13(12)18/h3-4,7,10,14-15,23H,2,5-6,8-9H2,1H3/t14-,15+/m0/s1. The molecule has 3 rings (SSSR count). The minimum absolute atomic E-state index is 0.0937. The average Bonchev–Trinajstić information content (AvgIpc) is 3.03. The van der Waals surface area contributed by atoms with Gasteiger partial charge in [0.1, 0.15) is 24.1 Å². The molecular weight excluding hydrogens is 318 g/mol. The average molecular weight is 338 g/mol. The summed E-state index contributed by atoms with van der Waals surface area (Å²) >= 11 is 0. The topological polar surface area (TPSA) is 63.4 Å². The third-order valence-corrected chi connectivity index (χ3v) is 4.18. The summed E-state index contributed by atoms with van der Waals surface area (Å²) in [5.74, 6) is -0.656. The number of aromatic nitrogens is 3. The largest absolute Gasteiger partial charge is 0.387 e. The lowest BCUT2D eigenvalue weighted by molar-refractivity contribution is -0.0479. The Morgan fingerprint density at radius 3 is 3.00 bits per heavy atom. The molecule has 0 saturated carbocycles. The van der Waals surface area contributed by atoms with Crippen LogP contribution in [0.1, 0.15) is 30.5 Å². The molecule has 2 atom stereocenters. The summed E-state index contributed by atoms with van der Waals surface area (Å²) in [6.45, 7) is 4.61. The molecule has 0 radical (unpaired) electrons. The highest BCUT2D eigenvalue weighted by Crippen LogP contribution is 2.24. The van der Waals surface area contributed by atoms with Gasteiger partial charge >= 0.3 is 0 Å². The van der Waals surface area contributed by atoms with Gasteiger partial charge in [0.05, 0.1) is 12.7 Å². The first-order valence-electron chi connectivity index (χ1n) is 7.93. The minimum atomic E-state index is -1.03. The molecule has 0 amide bonds. The smallest absolute Gasteiger partial charge is 0.163 e. The monoisotopic (exact) mass is 338 g/mol. The Hall–Kier alpha value is -1.90. The first-order valence-corrected chi connectivity index (χ1v) is 7.93. The van der Waals surface area contributed by atoms with Gasteiger partial charge in [0.2, 0.25) is 0 Å². The van der Waals surface area contributed by atoms with Gasteiger partial charge in [0, 0.05) is 37.8 Å². The zero-order valence-corrected chi connectivity index (χ0v) is 13.4. The van der Waals surface area contributed by atoms with Crippen molar-refractivity contribution in [1.82, 2.24) is 19.7 Å². The lowest BCUT2D eigenvalue weighted by Gasteiger charge is -2.33. The molecule has 6 nitrogen and oxygen atoms in total. The zero-order chi connectivity index (χ0) is 17.1. The Morgan fingerprint density at radius 2 is 2.25 bits per heavy atom. The number of aliphatic hydroxyl groups excluding tert-OH is 1. The number of aliphatic hydroxyl groups is 1. The number of aryl methyl sites for hydroxylation is 1. The van der Waals surface area contributed by atoms with E-state index >= 15 is 0 Å². The molecule has 2 heterocycles. The summed E-state index contributed by atoms with van der Waals surface area (Å²) in [5.41, 5.74) is 0.0937. The summed E-state index contributed by atoms with van der Waals surface area (Å²) in [4.78, 5) is 1.98. The molecule has 1 aliphatic rings. The van der Waals surface area contributed by atoms with Crippen LogP contribution < -0.4 is 0 Å². The molecule has 1 aliphatic heterocycles. The predicted molar refractivity (Wildman–Crippen MR) is 82.1 cm³/mol. The van der Waals surface area contributed by atoms with E-state index < -0.39 is 17.7 Å². The third-order valence-electron chi connectivity index (χ3n) is 4.18. The Morgan fingerprint density at radius 1 is 1.42 bits per heavy atom. The molecule has 0 bridgehead atoms. The van der Waals surface area contributed by atoms with Crippen molar-refractivity contribution < 1.29 is 18.6 Å². The highest BCUT2D eigenvalue weighted by atomic mass is 19.1. The van der Waals surface area contributed by atoms with E-state index in [1.165, 1.54) is 6.07 Å². The van der Waals surface area contributed by atoms with Crippen molar-refractivity contribution in [2.24, 2.45) is 0 Å². The molecule has 0 unspecified atom stereocenters. The summed E-state index contributed by atoms with van der Waals surface area (Å²) < 4.78 is 34.4. The van der Waals surface area contributed by atoms with Gasteiger partial charge in [-0.15, -0.1) is 10.2 Å². The van der Waals surface area contributed by atoms with Crippen molar-refractivity contribution in [3.05, 3.63) is 47.5 Å². The van der Waals surface area contributed by atoms with Crippen molar-refractivity contribution in [3.63, 3.8) is 0 Å². The lowest BCUT2D eigenvalue weighted by atomic mass is 10.1. The molecule has 2 aromatic rings. The van der Waals surface area contributed by atoms with E-state index in [4.69, 9.17) is 4.74 Å². The van der Waals surface area contributed by atoms with E-state index in [1.54, 1.807) is 6.33 Å². The highest BCUT2D eigenvalue weighted by Gasteiger charge is 2.27. The lowest BCUT2D eigenvalue weighted by Crippen LogP contribution is -2.41. The number of halogens is 2. The number of β-amino-alcohol motifs (C(OH)–C–C–N with tert-alkyl or cyclic N) is 1. The van der Waals surface area contributed by atoms with Gasteiger partial charge < -0.3 is 14.4 Å². The van der Waals surface area contributed by atoms with E-state index in [-0.39, 0.29) is 18.2 Å². The van der Waals surface area contributed by atoms with E-state index in [2.05, 4.69) is 10.2 Å². The first kappa shape index (κ1) is 16.9. The van der Waals surface area contributed by atoms with Gasteiger partial charge in [0.25, 0.3) is 0 Å². The summed E-state index contributed by atoms with van der Waals surface area (Å²) in [5, 5.41) is 18.3. The fourth-order valence-corrected chi connectivity index (χ4v) is 2.90. The maximum Gasteiger partial charge on any atom is 0.163 e.